The van der Waals surface area contributed by atoms with E-state index in [1.54, 1.807) is 100 Å². The van der Waals surface area contributed by atoms with Crippen LogP contribution in [0.2, 0.25) is 0 Å². The molecule has 40 heteroatoms. The van der Waals surface area contributed by atoms with Crippen molar-refractivity contribution >= 4 is 86.5 Å². The Morgan fingerprint density at radius 1 is 0.485 bits per heavy atom. The van der Waals surface area contributed by atoms with Gasteiger partial charge in [-0.25, -0.2) is 72.4 Å². The fourth-order valence-corrected chi connectivity index (χ4v) is 14.6. The molecule has 662 valence electrons. The number of nitrogens with two attached hydrogens (primary N) is 1. The van der Waals surface area contributed by atoms with Crippen molar-refractivity contribution < 1.29 is 55.0 Å². The summed E-state index contributed by atoms with van der Waals surface area (Å²) in [5, 5.41) is 19.4. The first kappa shape index (κ1) is 91.7. The third-order valence-electron chi connectivity index (χ3n) is 19.8. The van der Waals surface area contributed by atoms with Gasteiger partial charge in [0.1, 0.15) is 57.0 Å². The predicted octanol–water partition coefficient (Wildman–Crippen LogP) is 15.3. The minimum Gasteiger partial charge on any atom is -0.444 e. The minimum atomic E-state index is -3.81. The van der Waals surface area contributed by atoms with E-state index < -0.39 is 37.8 Å². The van der Waals surface area contributed by atoms with Crippen LogP contribution in [0.25, 0.3) is 92.1 Å². The molecule has 36 nitrogen and oxygen atoms in total. The summed E-state index contributed by atoms with van der Waals surface area (Å²) in [6.45, 7) is 59.1. The Labute approximate surface area is 744 Å². The smallest absolute Gasteiger partial charge is 0.410 e. The lowest BCUT2D eigenvalue weighted by Gasteiger charge is -2.40. The lowest BCUT2D eigenvalue weighted by Crippen LogP contribution is -2.58. The van der Waals surface area contributed by atoms with E-state index in [9.17, 15) is 40.8 Å². The van der Waals surface area contributed by atoms with Crippen molar-refractivity contribution in [2.45, 2.75) is 120 Å². The Bertz CT molecular complexity index is 6890. The highest BCUT2D eigenvalue weighted by Crippen LogP contribution is 2.39. The van der Waals surface area contributed by atoms with Crippen LogP contribution < -0.4 is 11.1 Å². The number of aldehydes is 1. The molecule has 4 saturated heterocycles. The first-order valence-electron chi connectivity index (χ1n) is 40.4. The number of imidazole rings is 6. The van der Waals surface area contributed by atoms with Gasteiger partial charge in [0.2, 0.25) is 22.6 Å². The number of amides is 3. The van der Waals surface area contributed by atoms with Crippen molar-refractivity contribution in [2.24, 2.45) is 10.7 Å². The normalized spacial score (nSPS) is 14.2. The van der Waals surface area contributed by atoms with Gasteiger partial charge in [-0.2, -0.15) is 0 Å². The molecule has 1 atom stereocenters. The van der Waals surface area contributed by atoms with Crippen LogP contribution in [0.4, 0.5) is 50.8 Å². The molecular weight excluding hydrogens is 1690 g/mol. The topological polar surface area (TPSA) is 368 Å². The number of nitrogens with zero attached hydrogens (tertiary/aromatic N) is 25. The molecule has 0 saturated carbocycles. The van der Waals surface area contributed by atoms with Crippen molar-refractivity contribution in [3.05, 3.63) is 280 Å². The number of likely N-dealkylation sites (tertiary alicyclic amines) is 3. The summed E-state index contributed by atoms with van der Waals surface area (Å²) in [6.07, 6.45) is 10.8. The van der Waals surface area contributed by atoms with E-state index in [0.717, 1.165) is 53.3 Å². The molecule has 0 aliphatic carbocycles. The number of carbonyl (C=O) groups excluding carboxylic acids is 4. The van der Waals surface area contributed by atoms with Crippen LogP contribution in [0.5, 0.6) is 0 Å². The number of hydrogen-bond acceptors (Lipinski definition) is 22. The third kappa shape index (κ3) is 21.7. The molecule has 4 fully saturated rings. The van der Waals surface area contributed by atoms with Crippen molar-refractivity contribution in [3.8, 4) is 45.3 Å². The number of aryl methyl sites for hydroxylation is 1. The molecule has 130 heavy (non-hydrogen) atoms. The Hall–Kier alpha value is -16.0. The number of hydrogen-bond donors (Lipinski definition) is 2. The summed E-state index contributed by atoms with van der Waals surface area (Å²) in [5.41, 5.74) is 14.3. The number of nitrogens with one attached hydrogen (secondary N) is 1. The zero-order valence-corrected chi connectivity index (χ0v) is 72.8. The summed E-state index contributed by atoms with van der Waals surface area (Å²) >= 11 is 0. The number of aromatic nitrogens is 16. The van der Waals surface area contributed by atoms with Gasteiger partial charge < -0.3 is 68.5 Å². The van der Waals surface area contributed by atoms with Gasteiger partial charge in [0.15, 0.2) is 6.29 Å². The van der Waals surface area contributed by atoms with Gasteiger partial charge in [0, 0.05) is 93.8 Å². The summed E-state index contributed by atoms with van der Waals surface area (Å²) < 4.78 is 90.5. The van der Waals surface area contributed by atoms with Crippen LogP contribution in [0, 0.1) is 57.2 Å². The second-order valence-corrected chi connectivity index (χ2v) is 35.0. The quantitative estimate of drug-likeness (QED) is 0.0496. The lowest BCUT2D eigenvalue weighted by atomic mass is 10.1. The molecule has 4 aliphatic heterocycles. The van der Waals surface area contributed by atoms with Crippen LogP contribution in [0.15, 0.2) is 193 Å². The average molecular weight is 1780 g/mol. The van der Waals surface area contributed by atoms with E-state index in [-0.39, 0.29) is 70.2 Å². The highest BCUT2D eigenvalue weighted by atomic mass is 32.2. The molecule has 4 aliphatic rings. The number of benzene rings is 4. The predicted molar refractivity (Wildman–Crippen MR) is 473 cm³/mol. The maximum absolute atomic E-state index is 13.6. The Morgan fingerprint density at radius 2 is 0.854 bits per heavy atom. The monoisotopic (exact) mass is 1780 g/mol. The maximum atomic E-state index is 13.6. The summed E-state index contributed by atoms with van der Waals surface area (Å²) in [5.74, 6) is 0.223. The molecular formula is C90H86F3N27O9S. The minimum absolute atomic E-state index is 0.0372. The molecule has 10 aromatic heterocycles. The van der Waals surface area contributed by atoms with Crippen molar-refractivity contribution in [3.63, 3.8) is 0 Å². The van der Waals surface area contributed by atoms with Gasteiger partial charge in [-0.1, -0.05) is 64.4 Å². The van der Waals surface area contributed by atoms with Crippen LogP contribution >= 0.6 is 0 Å². The Balaban J connectivity index is 0.000000137. The fourth-order valence-electron chi connectivity index (χ4n) is 13.2. The van der Waals surface area contributed by atoms with Gasteiger partial charge in [-0.05, 0) is 178 Å². The number of rotatable bonds is 12. The number of aliphatic imine (C=N–C) groups is 1. The van der Waals surface area contributed by atoms with Crippen LogP contribution in [-0.4, -0.2) is 213 Å². The molecule has 0 bridgehead atoms. The highest BCUT2D eigenvalue weighted by Gasteiger charge is 2.39. The van der Waals surface area contributed by atoms with E-state index in [1.165, 1.54) is 91.4 Å². The largest absolute Gasteiger partial charge is 0.444 e. The summed E-state index contributed by atoms with van der Waals surface area (Å²) in [7, 11) is -3.81. The van der Waals surface area contributed by atoms with Gasteiger partial charge in [0.05, 0.1) is 95.0 Å². The van der Waals surface area contributed by atoms with Crippen molar-refractivity contribution in [1.29, 1.82) is 0 Å². The standard InChI is InChI=1S/C24H22FN7O2.C19H14FN7.C16H18N6O2.C15H12FNO2S.C8H4N4O.C8H16N2O2/c1-24(2,3)34-23(33)30-12-17(13-30)31-14-28-21(15-5-7-16(25)8-6-15)22(31)18-9-10-19-27-11-20(26-4)32(19)29-18;1-21-17-10-23-16-7-6-15(25-27(16)17)19-18(12-2-4-13(20)5-3-12)24-11-26(19)14-8-22-9-14;1-16(2,3)24-15(23)21-9-12(10-21)18-7-11-5-6-13-19-8-14(17-4)22(13)20-11;1-11-3-9-14(10-4-11)20(18,19)15(17-2)12-5-7-13(16)8-6-12;1-9-8-4-10-7-3-2-6(5-13)11-12(7)8;1-8(2,3)12-7(11)10-4-6(9)5-10/h5-11,14,17H,12-13H2,1-3H3;2-7,10-11,14,22H,8-9H2;5-8,12H,9-10H2,1-3H3;3-10,15H,1H3;2-5H;6H,4-5,9H2,1-3H3. The zero-order chi connectivity index (χ0) is 93.1. The maximum Gasteiger partial charge on any atom is 0.410 e. The molecule has 3 N–H and O–H groups in total. The fraction of sp³-hybridized carbons (Fsp3) is 0.289. The number of ether oxygens (including phenoxy) is 3. The summed E-state index contributed by atoms with van der Waals surface area (Å²) in [6, 6.07) is 38.2. The zero-order valence-electron chi connectivity index (χ0n) is 72.0. The molecule has 4 aromatic carbocycles. The number of halogens is 3. The number of sulfone groups is 1. The van der Waals surface area contributed by atoms with E-state index in [0.29, 0.717) is 120 Å². The average Bonchev–Trinajstić information content (AvgIpc) is 1.56. The van der Waals surface area contributed by atoms with E-state index in [4.69, 9.17) is 52.8 Å². The summed E-state index contributed by atoms with van der Waals surface area (Å²) in [4.78, 5) is 97.7. The van der Waals surface area contributed by atoms with Gasteiger partial charge in [-0.15, -0.1) is 18.1 Å². The third-order valence-corrected chi connectivity index (χ3v) is 21.7. The van der Waals surface area contributed by atoms with Crippen molar-refractivity contribution in [2.75, 3.05) is 52.4 Å². The molecule has 0 spiro atoms. The van der Waals surface area contributed by atoms with E-state index >= 15 is 0 Å². The van der Waals surface area contributed by atoms with Gasteiger partial charge >= 0.3 is 23.7 Å². The molecule has 14 heterocycles. The van der Waals surface area contributed by atoms with E-state index in [1.807, 2.05) is 92.0 Å². The SMILES string of the molecule is CC(C)(C)OC(=O)N1CC(N)C1.[C-]#[N+]C(c1ccc(F)cc1)S(=O)(=O)c1ccc(C)cc1.[C-]#[N+]c1cnc2ccc(-c3c(-c4ccc(F)cc4)ncn3C3CN(C(=O)OC(C)(C)C)C3)nn12.[C-]#[N+]c1cnc2ccc(-c3c(-c4ccc(F)cc4)ncn3C3CNC3)nn12.[C-]#[N+]c1cnc2ccc(C=NC3CN(C(=O)OC(C)(C)C)C3)nn12.[C-]#[N+]c1cnc2ccc(C=O)nn12. The second-order valence-electron chi connectivity index (χ2n) is 33.0. The molecule has 1 unspecified atom stereocenters. The van der Waals surface area contributed by atoms with Crippen LogP contribution in [0.3, 0.4) is 0 Å². The second kappa shape index (κ2) is 38.9. The number of carbonyl (C=O) groups is 4. The molecule has 0 radical (unpaired) electrons. The van der Waals surface area contributed by atoms with Crippen molar-refractivity contribution in [1.82, 2.24) is 97.5 Å². The van der Waals surface area contributed by atoms with Gasteiger partial charge in [0.25, 0.3) is 33.1 Å². The van der Waals surface area contributed by atoms with Gasteiger partial charge in [-0.3, -0.25) is 14.6 Å². The van der Waals surface area contributed by atoms with Crippen LogP contribution in [0.1, 0.15) is 107 Å². The van der Waals surface area contributed by atoms with Crippen LogP contribution in [-0.2, 0) is 24.0 Å². The molecule has 14 aromatic rings. The highest BCUT2D eigenvalue weighted by molar-refractivity contribution is 7.91. The number of fused-ring (bicyclic) bond motifs is 4. The molecule has 3 amide bonds. The first-order chi connectivity index (χ1) is 62.0. The Kier molecular flexibility index (Phi) is 27.4. The molecule has 18 rings (SSSR count). The Morgan fingerprint density at radius 3 is 1.23 bits per heavy atom. The first-order valence-corrected chi connectivity index (χ1v) is 41.9. The van der Waals surface area contributed by atoms with E-state index in [2.05, 4.69) is 89.4 Å². The lowest BCUT2D eigenvalue weighted by molar-refractivity contribution is 0.00105.